The van der Waals surface area contributed by atoms with Gasteiger partial charge in [-0.3, -0.25) is 14.5 Å². The van der Waals surface area contributed by atoms with Gasteiger partial charge in [0.05, 0.1) is 18.8 Å². The highest BCUT2D eigenvalue weighted by molar-refractivity contribution is 9.10. The van der Waals surface area contributed by atoms with E-state index < -0.39 is 21.8 Å². The number of aliphatic hydroxyl groups is 1. The Hall–Kier alpha value is -1.75. The molecule has 22 heavy (non-hydrogen) atoms. The number of halogens is 1. The number of rotatable bonds is 5. The lowest BCUT2D eigenvalue weighted by atomic mass is 10.3. The van der Waals surface area contributed by atoms with Crippen LogP contribution >= 0.6 is 15.9 Å². The summed E-state index contributed by atoms with van der Waals surface area (Å²) in [5.74, 6) is -1.25. The molecular formula is C12H12BrN3O5S. The van der Waals surface area contributed by atoms with Crippen LogP contribution in [0.5, 0.6) is 0 Å². The van der Waals surface area contributed by atoms with Gasteiger partial charge in [-0.1, -0.05) is 6.07 Å². The van der Waals surface area contributed by atoms with Crippen LogP contribution < -0.4 is 10.5 Å². The number of carbonyl (C=O) groups is 2. The summed E-state index contributed by atoms with van der Waals surface area (Å²) >= 11 is 3.17. The van der Waals surface area contributed by atoms with Gasteiger partial charge in [-0.2, -0.15) is 0 Å². The van der Waals surface area contributed by atoms with E-state index in [1.165, 1.54) is 12.1 Å². The minimum atomic E-state index is -4.02. The Labute approximate surface area is 134 Å². The molecule has 118 valence electrons. The largest absolute Gasteiger partial charge is 0.395 e. The smallest absolute Gasteiger partial charge is 0.277 e. The van der Waals surface area contributed by atoms with Gasteiger partial charge in [-0.05, 0) is 28.1 Å². The molecule has 1 aliphatic heterocycles. The molecule has 10 heteroatoms. The summed E-state index contributed by atoms with van der Waals surface area (Å²) < 4.78 is 23.6. The predicted molar refractivity (Wildman–Crippen MR) is 81.0 cm³/mol. The first kappa shape index (κ1) is 16.6. The molecule has 0 saturated heterocycles. The molecule has 0 fully saturated rings. The zero-order chi connectivity index (χ0) is 16.5. The van der Waals surface area contributed by atoms with Gasteiger partial charge in [0.25, 0.3) is 11.8 Å². The summed E-state index contributed by atoms with van der Waals surface area (Å²) in [6.07, 6.45) is 1.03. The van der Waals surface area contributed by atoms with Crippen LogP contribution in [0.15, 0.2) is 39.3 Å². The Balaban J connectivity index is 2.39. The number of nitrogens with zero attached hydrogens (tertiary/aromatic N) is 1. The normalized spacial score (nSPS) is 15.2. The number of sulfonamides is 1. The highest BCUT2D eigenvalue weighted by atomic mass is 79.9. The topological polar surface area (TPSA) is 130 Å². The number of primary sulfonamides is 1. The highest BCUT2D eigenvalue weighted by Crippen LogP contribution is 2.31. The fraction of sp³-hybridized carbons (Fsp3) is 0.167. The van der Waals surface area contributed by atoms with E-state index in [0.717, 1.165) is 11.0 Å². The molecule has 2 rings (SSSR count). The number of nitrogens with two attached hydrogens (primary N) is 1. The Morgan fingerprint density at radius 2 is 2.00 bits per heavy atom. The van der Waals surface area contributed by atoms with Crippen LogP contribution in [0.4, 0.5) is 5.69 Å². The summed E-state index contributed by atoms with van der Waals surface area (Å²) in [5.41, 5.74) is -0.0431. The first-order valence-corrected chi connectivity index (χ1v) is 8.36. The molecule has 8 nitrogen and oxygen atoms in total. The van der Waals surface area contributed by atoms with Crippen LogP contribution in [-0.4, -0.2) is 43.4 Å². The maximum Gasteiger partial charge on any atom is 0.277 e. The zero-order valence-electron chi connectivity index (χ0n) is 11.1. The van der Waals surface area contributed by atoms with E-state index in [9.17, 15) is 18.0 Å². The number of imide groups is 1. The third kappa shape index (κ3) is 3.19. The number of hydrogen-bond acceptors (Lipinski definition) is 6. The Morgan fingerprint density at radius 1 is 1.32 bits per heavy atom. The number of aliphatic hydroxyl groups excluding tert-OH is 1. The van der Waals surface area contributed by atoms with Gasteiger partial charge in [-0.15, -0.1) is 0 Å². The van der Waals surface area contributed by atoms with Crippen LogP contribution in [0, 0.1) is 0 Å². The van der Waals surface area contributed by atoms with Crippen molar-refractivity contribution in [2.45, 2.75) is 4.90 Å². The number of para-hydroxylation sites is 1. The van der Waals surface area contributed by atoms with Gasteiger partial charge in [-0.25, -0.2) is 13.6 Å². The van der Waals surface area contributed by atoms with E-state index in [2.05, 4.69) is 21.2 Å². The zero-order valence-corrected chi connectivity index (χ0v) is 13.5. The van der Waals surface area contributed by atoms with E-state index in [0.29, 0.717) is 4.47 Å². The van der Waals surface area contributed by atoms with Crippen LogP contribution in [0.2, 0.25) is 0 Å². The number of anilines is 1. The van der Waals surface area contributed by atoms with Crippen LogP contribution in [0.25, 0.3) is 0 Å². The standard InChI is InChI=1S/C12H12BrN3O5S/c13-7-2-1-3-9(22(14,20)21)11(7)15-8-6-10(18)16(4-5-17)12(8)19/h1-3,6,15,17H,4-5H2,(H2,14,20,21). The van der Waals surface area contributed by atoms with Gasteiger partial charge in [0.15, 0.2) is 0 Å². The summed E-state index contributed by atoms with van der Waals surface area (Å²) in [6, 6.07) is 4.31. The Bertz CT molecular complexity index is 775. The summed E-state index contributed by atoms with van der Waals surface area (Å²) in [7, 11) is -4.02. The molecule has 0 saturated carbocycles. The molecule has 1 aromatic carbocycles. The molecule has 0 radical (unpaired) electrons. The summed E-state index contributed by atoms with van der Waals surface area (Å²) in [4.78, 5) is 24.3. The van der Waals surface area contributed by atoms with Crippen molar-refractivity contribution in [1.29, 1.82) is 0 Å². The lowest BCUT2D eigenvalue weighted by Gasteiger charge is -2.15. The summed E-state index contributed by atoms with van der Waals surface area (Å²) in [5, 5.41) is 16.6. The SMILES string of the molecule is NS(=O)(=O)c1cccc(Br)c1NC1=CC(=O)N(CCO)C1=O. The molecule has 4 N–H and O–H groups in total. The molecule has 1 heterocycles. The van der Waals surface area contributed by atoms with Crippen molar-refractivity contribution in [1.82, 2.24) is 4.90 Å². The maximum atomic E-state index is 12.0. The highest BCUT2D eigenvalue weighted by Gasteiger charge is 2.31. The van der Waals surface area contributed by atoms with Crippen LogP contribution in [0.3, 0.4) is 0 Å². The molecule has 0 bridgehead atoms. The van der Waals surface area contributed by atoms with Crippen molar-refractivity contribution in [2.24, 2.45) is 5.14 Å². The van der Waals surface area contributed by atoms with Gasteiger partial charge in [0, 0.05) is 10.5 Å². The minimum absolute atomic E-state index is 0.0586. The number of carbonyl (C=O) groups excluding carboxylic acids is 2. The Kier molecular flexibility index (Phi) is 4.66. The van der Waals surface area contributed by atoms with Gasteiger partial charge < -0.3 is 10.4 Å². The van der Waals surface area contributed by atoms with Crippen molar-refractivity contribution in [2.75, 3.05) is 18.5 Å². The van der Waals surface area contributed by atoms with Crippen molar-refractivity contribution < 1.29 is 23.1 Å². The van der Waals surface area contributed by atoms with Gasteiger partial charge in [0.2, 0.25) is 10.0 Å². The van der Waals surface area contributed by atoms with Crippen LogP contribution in [0.1, 0.15) is 0 Å². The number of nitrogens with one attached hydrogen (secondary N) is 1. The number of hydrogen-bond donors (Lipinski definition) is 3. The van der Waals surface area contributed by atoms with Crippen molar-refractivity contribution in [3.8, 4) is 0 Å². The average molecular weight is 390 g/mol. The van der Waals surface area contributed by atoms with E-state index in [1.807, 2.05) is 0 Å². The number of benzene rings is 1. The fourth-order valence-electron chi connectivity index (χ4n) is 1.91. The number of β-amino-alcohol motifs (C(OH)–C–C–N with tert-alkyl or cyclic N) is 1. The predicted octanol–water partition coefficient (Wildman–Crippen LogP) is -0.247. The lowest BCUT2D eigenvalue weighted by Crippen LogP contribution is -2.34. The van der Waals surface area contributed by atoms with E-state index in [1.54, 1.807) is 6.07 Å². The second-order valence-corrected chi connectivity index (χ2v) is 6.74. The maximum absolute atomic E-state index is 12.0. The second kappa shape index (κ2) is 6.16. The first-order valence-electron chi connectivity index (χ1n) is 6.02. The molecule has 2 amide bonds. The molecule has 0 aromatic heterocycles. The second-order valence-electron chi connectivity index (χ2n) is 4.36. The molecule has 1 aromatic rings. The molecule has 0 atom stereocenters. The molecule has 0 aliphatic carbocycles. The minimum Gasteiger partial charge on any atom is -0.395 e. The summed E-state index contributed by atoms with van der Waals surface area (Å²) in [6.45, 7) is -0.507. The average Bonchev–Trinajstić information content (AvgIpc) is 2.68. The van der Waals surface area contributed by atoms with E-state index in [-0.39, 0.29) is 29.4 Å². The third-order valence-corrected chi connectivity index (χ3v) is 4.49. The van der Waals surface area contributed by atoms with Crippen LogP contribution in [-0.2, 0) is 19.6 Å². The lowest BCUT2D eigenvalue weighted by molar-refractivity contribution is -0.137. The quantitative estimate of drug-likeness (QED) is 0.595. The monoisotopic (exact) mass is 389 g/mol. The van der Waals surface area contributed by atoms with Gasteiger partial charge in [0.1, 0.15) is 10.6 Å². The van der Waals surface area contributed by atoms with E-state index in [4.69, 9.17) is 10.2 Å². The fourth-order valence-corrected chi connectivity index (χ4v) is 3.22. The third-order valence-electron chi connectivity index (χ3n) is 2.87. The van der Waals surface area contributed by atoms with E-state index >= 15 is 0 Å². The van der Waals surface area contributed by atoms with Gasteiger partial charge >= 0.3 is 0 Å². The molecule has 0 unspecified atom stereocenters. The Morgan fingerprint density at radius 3 is 2.59 bits per heavy atom. The first-order chi connectivity index (χ1) is 10.3. The van der Waals surface area contributed by atoms with Crippen molar-refractivity contribution in [3.63, 3.8) is 0 Å². The molecule has 1 aliphatic rings. The number of amides is 2. The molecule has 0 spiro atoms. The molecular weight excluding hydrogens is 378 g/mol. The van der Waals surface area contributed by atoms with Crippen molar-refractivity contribution in [3.05, 3.63) is 34.4 Å². The van der Waals surface area contributed by atoms with Crippen molar-refractivity contribution >= 4 is 43.5 Å².